The van der Waals surface area contributed by atoms with Crippen LogP contribution in [0.3, 0.4) is 0 Å². The summed E-state index contributed by atoms with van der Waals surface area (Å²) in [7, 11) is 0. The quantitative estimate of drug-likeness (QED) is 0.795. The van der Waals surface area contributed by atoms with Gasteiger partial charge in [0.2, 0.25) is 5.91 Å². The van der Waals surface area contributed by atoms with Gasteiger partial charge in [0.05, 0.1) is 0 Å². The van der Waals surface area contributed by atoms with Crippen LogP contribution >= 0.6 is 34.8 Å². The normalized spacial score (nSPS) is 20.3. The number of benzene rings is 2. The molecule has 2 aromatic carbocycles. The molecular formula is C15H10Cl3NO2. The first-order chi connectivity index (χ1) is 9.84. The van der Waals surface area contributed by atoms with Crippen LogP contribution in [0.5, 0.6) is 5.75 Å². The van der Waals surface area contributed by atoms with Gasteiger partial charge >= 0.3 is 0 Å². The van der Waals surface area contributed by atoms with E-state index in [-0.39, 0.29) is 11.7 Å². The predicted octanol–water partition coefficient (Wildman–Crippen LogP) is 4.61. The van der Waals surface area contributed by atoms with Crippen molar-refractivity contribution < 1.29 is 9.90 Å². The number of phenolic OH excluding ortho intramolecular Hbond substituents is 1. The number of amides is 1. The summed E-state index contributed by atoms with van der Waals surface area (Å²) in [6.45, 7) is 1.69. The third-order valence-electron chi connectivity index (χ3n) is 3.75. The molecule has 1 atom stereocenters. The van der Waals surface area contributed by atoms with Crippen molar-refractivity contribution in [2.45, 2.75) is 12.3 Å². The van der Waals surface area contributed by atoms with E-state index >= 15 is 0 Å². The second-order valence-corrected chi connectivity index (χ2v) is 6.33. The molecule has 21 heavy (non-hydrogen) atoms. The molecular weight excluding hydrogens is 333 g/mol. The molecule has 1 aliphatic rings. The molecule has 3 rings (SSSR count). The zero-order valence-corrected chi connectivity index (χ0v) is 13.1. The summed E-state index contributed by atoms with van der Waals surface area (Å²) in [4.78, 5) is 12.5. The first kappa shape index (κ1) is 14.5. The number of phenols is 1. The Labute approximate surface area is 136 Å². The van der Waals surface area contributed by atoms with Crippen molar-refractivity contribution in [3.63, 3.8) is 0 Å². The lowest BCUT2D eigenvalue weighted by Gasteiger charge is -2.25. The smallest absolute Gasteiger partial charge is 0.239 e. The Bertz CT molecular complexity index is 776. The van der Waals surface area contributed by atoms with Crippen LogP contribution in [0.1, 0.15) is 18.1 Å². The molecule has 0 saturated carbocycles. The SMILES string of the molecule is C[C@]1(c2cc(Cl)ccc2O)C(=O)Nc2cc(Cl)cc(Cl)c21. The van der Waals surface area contributed by atoms with Crippen molar-refractivity contribution in [2.24, 2.45) is 0 Å². The average molecular weight is 343 g/mol. The van der Waals surface area contributed by atoms with Crippen molar-refractivity contribution in [1.29, 1.82) is 0 Å². The lowest BCUT2D eigenvalue weighted by atomic mass is 9.77. The van der Waals surface area contributed by atoms with E-state index in [1.807, 2.05) is 0 Å². The molecule has 2 N–H and O–H groups in total. The number of hydrogen-bond donors (Lipinski definition) is 2. The Kier molecular flexibility index (Phi) is 3.32. The van der Waals surface area contributed by atoms with Gasteiger partial charge in [-0.05, 0) is 37.3 Å². The third kappa shape index (κ3) is 2.08. The van der Waals surface area contributed by atoms with E-state index in [0.29, 0.717) is 31.9 Å². The van der Waals surface area contributed by atoms with E-state index in [0.717, 1.165) is 0 Å². The van der Waals surface area contributed by atoms with Crippen LogP contribution in [0.15, 0.2) is 30.3 Å². The number of anilines is 1. The summed E-state index contributed by atoms with van der Waals surface area (Å²) >= 11 is 18.2. The van der Waals surface area contributed by atoms with Crippen LogP contribution in [0, 0.1) is 0 Å². The molecule has 0 unspecified atom stereocenters. The summed E-state index contributed by atoms with van der Waals surface area (Å²) in [6, 6.07) is 7.78. The van der Waals surface area contributed by atoms with Crippen LogP contribution in [0.25, 0.3) is 0 Å². The lowest BCUT2D eigenvalue weighted by Crippen LogP contribution is -2.32. The molecule has 0 radical (unpaired) electrons. The summed E-state index contributed by atoms with van der Waals surface area (Å²) < 4.78 is 0. The lowest BCUT2D eigenvalue weighted by molar-refractivity contribution is -0.119. The van der Waals surface area contributed by atoms with Gasteiger partial charge in [0.15, 0.2) is 0 Å². The van der Waals surface area contributed by atoms with E-state index in [1.54, 1.807) is 31.2 Å². The molecule has 0 bridgehead atoms. The second-order valence-electron chi connectivity index (χ2n) is 5.05. The van der Waals surface area contributed by atoms with Crippen molar-refractivity contribution in [1.82, 2.24) is 0 Å². The second kappa shape index (κ2) is 4.80. The third-order valence-corrected chi connectivity index (χ3v) is 4.51. The molecule has 0 fully saturated rings. The van der Waals surface area contributed by atoms with E-state index in [4.69, 9.17) is 34.8 Å². The molecule has 3 nitrogen and oxygen atoms in total. The summed E-state index contributed by atoms with van der Waals surface area (Å²) in [5.41, 5.74) is 0.386. The maximum absolute atomic E-state index is 12.5. The van der Waals surface area contributed by atoms with E-state index < -0.39 is 5.41 Å². The van der Waals surface area contributed by atoms with Crippen molar-refractivity contribution in [3.05, 3.63) is 56.5 Å². The fraction of sp³-hybridized carbons (Fsp3) is 0.133. The van der Waals surface area contributed by atoms with Crippen LogP contribution in [0.2, 0.25) is 15.1 Å². The first-order valence-electron chi connectivity index (χ1n) is 6.14. The number of fused-ring (bicyclic) bond motifs is 1. The molecule has 0 aromatic heterocycles. The highest BCUT2D eigenvalue weighted by atomic mass is 35.5. The van der Waals surface area contributed by atoms with Crippen LogP contribution in [-0.4, -0.2) is 11.0 Å². The molecule has 6 heteroatoms. The molecule has 0 saturated heterocycles. The van der Waals surface area contributed by atoms with E-state index in [2.05, 4.69) is 5.32 Å². The van der Waals surface area contributed by atoms with Gasteiger partial charge in [-0.3, -0.25) is 4.79 Å². The van der Waals surface area contributed by atoms with Crippen molar-refractivity contribution in [3.8, 4) is 5.75 Å². The summed E-state index contributed by atoms with van der Waals surface area (Å²) in [5, 5.41) is 14.1. The number of hydrogen-bond acceptors (Lipinski definition) is 2. The van der Waals surface area contributed by atoms with Crippen molar-refractivity contribution >= 4 is 46.4 Å². The zero-order chi connectivity index (χ0) is 15.4. The monoisotopic (exact) mass is 341 g/mol. The number of carbonyl (C=O) groups excluding carboxylic acids is 1. The molecule has 1 amide bonds. The number of rotatable bonds is 1. The molecule has 2 aromatic rings. The topological polar surface area (TPSA) is 49.3 Å². The molecule has 1 heterocycles. The van der Waals surface area contributed by atoms with Crippen LogP contribution < -0.4 is 5.32 Å². The number of nitrogens with one attached hydrogen (secondary N) is 1. The fourth-order valence-electron chi connectivity index (χ4n) is 2.71. The van der Waals surface area contributed by atoms with Crippen molar-refractivity contribution in [2.75, 3.05) is 5.32 Å². The van der Waals surface area contributed by atoms with Crippen LogP contribution in [-0.2, 0) is 10.2 Å². The Morgan fingerprint density at radius 3 is 2.52 bits per heavy atom. The number of carbonyl (C=O) groups is 1. The first-order valence-corrected chi connectivity index (χ1v) is 7.27. The highest BCUT2D eigenvalue weighted by Gasteiger charge is 2.47. The van der Waals surface area contributed by atoms with E-state index in [1.165, 1.54) is 6.07 Å². The maximum atomic E-state index is 12.5. The van der Waals surface area contributed by atoms with Gasteiger partial charge < -0.3 is 10.4 Å². The summed E-state index contributed by atoms with van der Waals surface area (Å²) in [6.07, 6.45) is 0. The molecule has 0 aliphatic carbocycles. The highest BCUT2D eigenvalue weighted by Crippen LogP contribution is 2.49. The van der Waals surface area contributed by atoms with Gasteiger partial charge in [0.25, 0.3) is 0 Å². The maximum Gasteiger partial charge on any atom is 0.239 e. The largest absolute Gasteiger partial charge is 0.508 e. The predicted molar refractivity (Wildman–Crippen MR) is 84.7 cm³/mol. The van der Waals surface area contributed by atoms with E-state index in [9.17, 15) is 9.90 Å². The average Bonchev–Trinajstić information content (AvgIpc) is 2.65. The molecule has 108 valence electrons. The van der Waals surface area contributed by atoms with Gasteiger partial charge in [0, 0.05) is 31.9 Å². The zero-order valence-electron chi connectivity index (χ0n) is 10.9. The number of aromatic hydroxyl groups is 1. The van der Waals surface area contributed by atoms with Gasteiger partial charge in [-0.2, -0.15) is 0 Å². The Hall–Kier alpha value is -1.42. The fourth-order valence-corrected chi connectivity index (χ4v) is 3.56. The highest BCUT2D eigenvalue weighted by molar-refractivity contribution is 6.37. The Morgan fingerprint density at radius 1 is 1.10 bits per heavy atom. The minimum absolute atomic E-state index is 0.0177. The standard InChI is InChI=1S/C15H10Cl3NO2/c1-15(9-4-7(16)2-3-12(9)20)13-10(18)5-8(17)6-11(13)19-14(15)21/h2-6,20H,1H3,(H,19,21)/t15-/m1/s1. The molecule has 0 spiro atoms. The number of halogens is 3. The van der Waals surface area contributed by atoms with Gasteiger partial charge in [-0.25, -0.2) is 0 Å². The van der Waals surface area contributed by atoms with Gasteiger partial charge in [-0.1, -0.05) is 34.8 Å². The Balaban J connectivity index is 2.33. The molecule has 1 aliphatic heterocycles. The van der Waals surface area contributed by atoms with Gasteiger partial charge in [-0.15, -0.1) is 0 Å². The summed E-state index contributed by atoms with van der Waals surface area (Å²) in [5.74, 6) is -0.310. The van der Waals surface area contributed by atoms with Crippen LogP contribution in [0.4, 0.5) is 5.69 Å². The van der Waals surface area contributed by atoms with Gasteiger partial charge in [0.1, 0.15) is 11.2 Å². The minimum Gasteiger partial charge on any atom is -0.508 e. The minimum atomic E-state index is -1.13. The Morgan fingerprint density at radius 2 is 1.81 bits per heavy atom.